The van der Waals surface area contributed by atoms with Crippen LogP contribution in [-0.2, 0) is 10.0 Å². The predicted octanol–water partition coefficient (Wildman–Crippen LogP) is 2.70. The molecule has 0 aromatic heterocycles. The zero-order valence-corrected chi connectivity index (χ0v) is 12.5. The number of halogens is 1. The van der Waals surface area contributed by atoms with Crippen molar-refractivity contribution in [2.45, 2.75) is 17.9 Å². The molecule has 0 aliphatic rings. The molecule has 2 rings (SSSR count). The molecular weight excluding hydrogens is 293 g/mol. The van der Waals surface area contributed by atoms with Gasteiger partial charge in [0, 0.05) is 7.05 Å². The Hall–Kier alpha value is -1.92. The molecule has 0 radical (unpaired) electrons. The molecule has 0 amide bonds. The van der Waals surface area contributed by atoms with Crippen LogP contribution in [0.5, 0.6) is 0 Å². The lowest BCUT2D eigenvalue weighted by Crippen LogP contribution is -2.27. The van der Waals surface area contributed by atoms with E-state index in [-0.39, 0.29) is 10.6 Å². The van der Waals surface area contributed by atoms with Crippen LogP contribution >= 0.6 is 0 Å². The average molecular weight is 309 g/mol. The maximum absolute atomic E-state index is 13.7. The molecule has 21 heavy (non-hydrogen) atoms. The summed E-state index contributed by atoms with van der Waals surface area (Å²) in [6, 6.07) is 11.6. The molecule has 2 aromatic carbocycles. The van der Waals surface area contributed by atoms with Crippen molar-refractivity contribution in [1.82, 2.24) is 0 Å². The largest absolute Gasteiger partial charge is 0.389 e. The van der Waals surface area contributed by atoms with Crippen LogP contribution in [-0.4, -0.2) is 20.6 Å². The average Bonchev–Trinajstić information content (AvgIpc) is 2.47. The van der Waals surface area contributed by atoms with Crippen LogP contribution in [0.25, 0.3) is 0 Å². The third-order valence-corrected chi connectivity index (χ3v) is 4.96. The lowest BCUT2D eigenvalue weighted by Gasteiger charge is -2.20. The van der Waals surface area contributed by atoms with Gasteiger partial charge in [0.05, 0.1) is 16.7 Å². The Morgan fingerprint density at radius 1 is 1.14 bits per heavy atom. The number of aliphatic hydroxyl groups excluding tert-OH is 1. The second-order valence-corrected chi connectivity index (χ2v) is 6.64. The maximum Gasteiger partial charge on any atom is 0.264 e. The molecule has 4 nitrogen and oxygen atoms in total. The summed E-state index contributed by atoms with van der Waals surface area (Å²) >= 11 is 0. The number of rotatable bonds is 4. The summed E-state index contributed by atoms with van der Waals surface area (Å²) in [5.74, 6) is -0.616. The van der Waals surface area contributed by atoms with Gasteiger partial charge in [0.1, 0.15) is 5.82 Å². The lowest BCUT2D eigenvalue weighted by atomic mass is 10.1. The second kappa shape index (κ2) is 5.83. The molecule has 2 aromatic rings. The predicted molar refractivity (Wildman–Crippen MR) is 79.1 cm³/mol. The van der Waals surface area contributed by atoms with Gasteiger partial charge in [0.25, 0.3) is 10.0 Å². The minimum atomic E-state index is -3.89. The number of sulfonamides is 1. The summed E-state index contributed by atoms with van der Waals surface area (Å²) in [6.07, 6.45) is -0.779. The normalized spacial score (nSPS) is 13.0. The van der Waals surface area contributed by atoms with Crippen molar-refractivity contribution in [2.75, 3.05) is 11.4 Å². The Morgan fingerprint density at radius 3 is 2.43 bits per heavy atom. The van der Waals surface area contributed by atoms with Crippen molar-refractivity contribution >= 4 is 15.7 Å². The summed E-state index contributed by atoms with van der Waals surface area (Å²) in [4.78, 5) is 0.00616. The minimum absolute atomic E-state index is 0.00616. The Labute approximate surface area is 123 Å². The molecule has 0 aliphatic heterocycles. The van der Waals surface area contributed by atoms with Gasteiger partial charge >= 0.3 is 0 Å². The van der Waals surface area contributed by atoms with E-state index in [1.54, 1.807) is 25.1 Å². The molecule has 1 atom stereocenters. The molecule has 6 heteroatoms. The molecule has 0 saturated carbocycles. The van der Waals surface area contributed by atoms with Gasteiger partial charge in [-0.3, -0.25) is 4.31 Å². The first-order valence-corrected chi connectivity index (χ1v) is 7.79. The topological polar surface area (TPSA) is 57.6 Å². The molecule has 0 bridgehead atoms. The van der Waals surface area contributed by atoms with E-state index in [9.17, 15) is 17.9 Å². The van der Waals surface area contributed by atoms with Crippen LogP contribution in [0.3, 0.4) is 0 Å². The van der Waals surface area contributed by atoms with Gasteiger partial charge in [-0.2, -0.15) is 0 Å². The van der Waals surface area contributed by atoms with E-state index < -0.39 is 21.9 Å². The molecular formula is C15H16FNO3S. The van der Waals surface area contributed by atoms with E-state index in [4.69, 9.17) is 0 Å². The van der Waals surface area contributed by atoms with Crippen LogP contribution in [0.4, 0.5) is 10.1 Å². The number of hydrogen-bond acceptors (Lipinski definition) is 3. The molecule has 1 N–H and O–H groups in total. The van der Waals surface area contributed by atoms with Crippen LogP contribution in [0.2, 0.25) is 0 Å². The highest BCUT2D eigenvalue weighted by molar-refractivity contribution is 7.92. The van der Waals surface area contributed by atoms with E-state index in [1.807, 2.05) is 0 Å². The van der Waals surface area contributed by atoms with Crippen LogP contribution < -0.4 is 4.31 Å². The summed E-state index contributed by atoms with van der Waals surface area (Å²) < 4.78 is 39.7. The van der Waals surface area contributed by atoms with Crippen molar-refractivity contribution in [1.29, 1.82) is 0 Å². The first kappa shape index (κ1) is 15.5. The van der Waals surface area contributed by atoms with Crippen molar-refractivity contribution < 1.29 is 17.9 Å². The van der Waals surface area contributed by atoms with E-state index in [0.717, 1.165) is 4.31 Å². The minimum Gasteiger partial charge on any atom is -0.389 e. The van der Waals surface area contributed by atoms with Crippen molar-refractivity contribution in [3.63, 3.8) is 0 Å². The number of aliphatic hydroxyl groups is 1. The molecule has 112 valence electrons. The van der Waals surface area contributed by atoms with E-state index in [2.05, 4.69) is 0 Å². The van der Waals surface area contributed by atoms with E-state index in [0.29, 0.717) is 5.56 Å². The Morgan fingerprint density at radius 2 is 1.81 bits per heavy atom. The summed E-state index contributed by atoms with van der Waals surface area (Å²) in [5.41, 5.74) is 0.456. The Kier molecular flexibility index (Phi) is 4.29. The van der Waals surface area contributed by atoms with Gasteiger partial charge < -0.3 is 5.11 Å². The number of hydrogen-bond donors (Lipinski definition) is 1. The van der Waals surface area contributed by atoms with Gasteiger partial charge in [-0.05, 0) is 36.8 Å². The SMILES string of the molecule is CC(O)c1cccc(S(=O)(=O)N(C)c2ccccc2F)c1. The third kappa shape index (κ3) is 3.06. The van der Waals surface area contributed by atoms with Gasteiger partial charge in [0.2, 0.25) is 0 Å². The van der Waals surface area contributed by atoms with E-state index >= 15 is 0 Å². The first-order chi connectivity index (χ1) is 9.84. The summed E-state index contributed by atoms with van der Waals surface area (Å²) in [6.45, 7) is 1.55. The van der Waals surface area contributed by atoms with Gasteiger partial charge in [-0.25, -0.2) is 12.8 Å². The lowest BCUT2D eigenvalue weighted by molar-refractivity contribution is 0.199. The highest BCUT2D eigenvalue weighted by atomic mass is 32.2. The number of anilines is 1. The van der Waals surface area contributed by atoms with Gasteiger partial charge in [-0.1, -0.05) is 24.3 Å². The third-order valence-electron chi connectivity index (χ3n) is 3.19. The number of benzene rings is 2. The highest BCUT2D eigenvalue weighted by Crippen LogP contribution is 2.25. The van der Waals surface area contributed by atoms with Crippen LogP contribution in [0, 0.1) is 5.82 Å². The maximum atomic E-state index is 13.7. The quantitative estimate of drug-likeness (QED) is 0.944. The fourth-order valence-electron chi connectivity index (χ4n) is 1.93. The number of nitrogens with zero attached hydrogens (tertiary/aromatic N) is 1. The Bertz CT molecular complexity index is 744. The number of para-hydroxylation sites is 1. The van der Waals surface area contributed by atoms with E-state index in [1.165, 1.54) is 37.4 Å². The molecule has 1 unspecified atom stereocenters. The highest BCUT2D eigenvalue weighted by Gasteiger charge is 2.23. The fourth-order valence-corrected chi connectivity index (χ4v) is 3.19. The molecule has 0 aliphatic carbocycles. The zero-order valence-electron chi connectivity index (χ0n) is 11.7. The van der Waals surface area contributed by atoms with Gasteiger partial charge in [0.15, 0.2) is 0 Å². The fraction of sp³-hybridized carbons (Fsp3) is 0.200. The second-order valence-electron chi connectivity index (χ2n) is 4.67. The molecule has 0 fully saturated rings. The van der Waals surface area contributed by atoms with Crippen LogP contribution in [0.1, 0.15) is 18.6 Å². The zero-order chi connectivity index (χ0) is 15.6. The Balaban J connectivity index is 2.47. The summed E-state index contributed by atoms with van der Waals surface area (Å²) in [7, 11) is -2.59. The monoisotopic (exact) mass is 309 g/mol. The smallest absolute Gasteiger partial charge is 0.264 e. The summed E-state index contributed by atoms with van der Waals surface area (Å²) in [5, 5.41) is 9.55. The van der Waals surface area contributed by atoms with Crippen molar-refractivity contribution in [3.05, 3.63) is 59.9 Å². The van der Waals surface area contributed by atoms with Crippen LogP contribution in [0.15, 0.2) is 53.4 Å². The molecule has 0 heterocycles. The standard InChI is InChI=1S/C15H16FNO3S/c1-11(18)12-6-5-7-13(10-12)21(19,20)17(2)15-9-4-3-8-14(15)16/h3-11,18H,1-2H3. The van der Waals surface area contributed by atoms with Crippen molar-refractivity contribution in [3.8, 4) is 0 Å². The first-order valence-electron chi connectivity index (χ1n) is 6.35. The molecule has 0 saturated heterocycles. The van der Waals surface area contributed by atoms with Gasteiger partial charge in [-0.15, -0.1) is 0 Å². The van der Waals surface area contributed by atoms with Crippen molar-refractivity contribution in [2.24, 2.45) is 0 Å². The molecule has 0 spiro atoms.